The van der Waals surface area contributed by atoms with Crippen LogP contribution >= 0.6 is 0 Å². The van der Waals surface area contributed by atoms with Crippen molar-refractivity contribution in [3.8, 4) is 0 Å². The summed E-state index contributed by atoms with van der Waals surface area (Å²) in [5.41, 5.74) is 0. The first-order valence-corrected chi connectivity index (χ1v) is 15.5. The third-order valence-corrected chi connectivity index (χ3v) is 7.35. The summed E-state index contributed by atoms with van der Waals surface area (Å²) in [5, 5.41) is -7.11. The monoisotopic (exact) mass is 634 g/mol. The Balaban J connectivity index is 0.000000831. The number of aromatic nitrogens is 2. The molecule has 1 aromatic rings. The van der Waals surface area contributed by atoms with E-state index in [0.29, 0.717) is 0 Å². The first-order chi connectivity index (χ1) is 18.9. The molecule has 0 saturated carbocycles. The van der Waals surface area contributed by atoms with E-state index in [-0.39, 0.29) is 0 Å². The van der Waals surface area contributed by atoms with Gasteiger partial charge in [0.05, 0.1) is 13.1 Å². The summed E-state index contributed by atoms with van der Waals surface area (Å²) in [6, 6.07) is 0. The molecule has 41 heavy (non-hydrogen) atoms. The topological polar surface area (TPSA) is 66.0 Å². The molecule has 0 amide bonds. The van der Waals surface area contributed by atoms with E-state index >= 15 is 0 Å². The minimum atomic E-state index is -7.43. The van der Waals surface area contributed by atoms with Crippen LogP contribution in [0.3, 0.4) is 0 Å². The standard InChI is InChI=1S/C22H43N2.C4HF9O3S/c1-3-5-7-9-11-13-15-17-19-24-21-20-23(22-24)18-16-14-12-10-8-6-4-2;5-1(6,3(9,10)11)2(7,8)4(12,13)17(14,15)16/h20-22H,3-19H2,1-2H3;(H,14,15,16)/q+1;/p-1. The second-order valence-electron chi connectivity index (χ2n) is 10.1. The summed E-state index contributed by atoms with van der Waals surface area (Å²) in [5.74, 6) is -14.8. The Morgan fingerprint density at radius 1 is 0.659 bits per heavy atom. The van der Waals surface area contributed by atoms with Gasteiger partial charge in [0.1, 0.15) is 12.4 Å². The third kappa shape index (κ3) is 13.1. The van der Waals surface area contributed by atoms with Crippen molar-refractivity contribution in [2.75, 3.05) is 0 Å². The molecule has 0 unspecified atom stereocenters. The highest BCUT2D eigenvalue weighted by molar-refractivity contribution is 7.86. The van der Waals surface area contributed by atoms with Crippen LogP contribution in [0.25, 0.3) is 0 Å². The molecule has 0 radical (unpaired) electrons. The molecular formula is C26H43F9N2O3S. The van der Waals surface area contributed by atoms with Crippen LogP contribution in [0, 0.1) is 0 Å². The molecule has 5 nitrogen and oxygen atoms in total. The van der Waals surface area contributed by atoms with Crippen LogP contribution in [0.2, 0.25) is 0 Å². The zero-order valence-electron chi connectivity index (χ0n) is 23.7. The molecule has 0 fully saturated rings. The molecule has 0 saturated heterocycles. The minimum absolute atomic E-state index is 1.19. The van der Waals surface area contributed by atoms with Crippen LogP contribution in [0.15, 0.2) is 18.7 Å². The van der Waals surface area contributed by atoms with Crippen molar-refractivity contribution in [3.05, 3.63) is 18.7 Å². The molecule has 0 aliphatic rings. The van der Waals surface area contributed by atoms with Crippen LogP contribution in [0.4, 0.5) is 39.5 Å². The Kier molecular flexibility index (Phi) is 17.5. The van der Waals surface area contributed by atoms with E-state index in [2.05, 4.69) is 41.7 Å². The quantitative estimate of drug-likeness (QED) is 0.0624. The highest BCUT2D eigenvalue weighted by atomic mass is 32.2. The first-order valence-electron chi connectivity index (χ1n) is 14.1. The average molecular weight is 635 g/mol. The highest BCUT2D eigenvalue weighted by Gasteiger charge is 2.83. The second-order valence-corrected chi connectivity index (χ2v) is 11.5. The molecule has 0 aliphatic heterocycles. The van der Waals surface area contributed by atoms with Crippen molar-refractivity contribution in [3.63, 3.8) is 0 Å². The number of halogens is 9. The Morgan fingerprint density at radius 3 is 1.49 bits per heavy atom. The van der Waals surface area contributed by atoms with Gasteiger partial charge in [-0.25, -0.2) is 17.6 Å². The van der Waals surface area contributed by atoms with Crippen molar-refractivity contribution < 1.29 is 57.1 Å². The van der Waals surface area contributed by atoms with Crippen LogP contribution < -0.4 is 4.57 Å². The van der Waals surface area contributed by atoms with Crippen molar-refractivity contribution >= 4 is 10.1 Å². The highest BCUT2D eigenvalue weighted by Crippen LogP contribution is 2.54. The Labute approximate surface area is 237 Å². The lowest BCUT2D eigenvalue weighted by Gasteiger charge is -2.34. The lowest BCUT2D eigenvalue weighted by Crippen LogP contribution is -2.63. The van der Waals surface area contributed by atoms with E-state index in [1.807, 2.05) is 0 Å². The van der Waals surface area contributed by atoms with Gasteiger partial charge in [-0.15, -0.1) is 0 Å². The van der Waals surface area contributed by atoms with Crippen molar-refractivity contribution in [2.24, 2.45) is 0 Å². The van der Waals surface area contributed by atoms with Gasteiger partial charge in [0.15, 0.2) is 10.1 Å². The number of aryl methyl sites for hydroxylation is 2. The van der Waals surface area contributed by atoms with E-state index in [9.17, 15) is 52.5 Å². The summed E-state index contributed by atoms with van der Waals surface area (Å²) in [4.78, 5) is 0. The summed E-state index contributed by atoms with van der Waals surface area (Å²) in [7, 11) is -7.42. The predicted molar refractivity (Wildman–Crippen MR) is 136 cm³/mol. The third-order valence-electron chi connectivity index (χ3n) is 6.47. The number of rotatable bonds is 20. The smallest absolute Gasteiger partial charge is 0.460 e. The van der Waals surface area contributed by atoms with E-state index in [4.69, 9.17) is 0 Å². The molecule has 0 bridgehead atoms. The molecule has 1 heterocycles. The van der Waals surface area contributed by atoms with Gasteiger partial charge in [-0.05, 0) is 25.7 Å². The van der Waals surface area contributed by atoms with Crippen molar-refractivity contribution in [2.45, 2.75) is 147 Å². The van der Waals surface area contributed by atoms with Gasteiger partial charge in [0.2, 0.25) is 6.33 Å². The molecule has 0 aliphatic carbocycles. The number of hydrogen-bond acceptors (Lipinski definition) is 3. The fourth-order valence-electron chi connectivity index (χ4n) is 3.90. The van der Waals surface area contributed by atoms with Gasteiger partial charge >= 0.3 is 23.3 Å². The molecule has 1 aromatic heterocycles. The number of hydrogen-bond donors (Lipinski definition) is 0. The molecular weight excluding hydrogens is 591 g/mol. The Hall–Kier alpha value is -1.51. The predicted octanol–water partition coefficient (Wildman–Crippen LogP) is 8.62. The van der Waals surface area contributed by atoms with Crippen LogP contribution in [-0.2, 0) is 23.2 Å². The van der Waals surface area contributed by atoms with E-state index in [1.54, 1.807) is 0 Å². The molecule has 244 valence electrons. The summed E-state index contributed by atoms with van der Waals surface area (Å²) < 4.78 is 140. The lowest BCUT2D eigenvalue weighted by molar-refractivity contribution is -0.696. The number of alkyl halides is 9. The second kappa shape index (κ2) is 18.2. The van der Waals surface area contributed by atoms with Crippen molar-refractivity contribution in [1.82, 2.24) is 4.57 Å². The van der Waals surface area contributed by atoms with E-state index < -0.39 is 33.4 Å². The maximum atomic E-state index is 12.2. The lowest BCUT2D eigenvalue weighted by atomic mass is 10.1. The minimum Gasteiger partial charge on any atom is -0.743 e. The molecule has 0 aromatic carbocycles. The summed E-state index contributed by atoms with van der Waals surface area (Å²) in [6.45, 7) is 6.96. The SMILES string of the molecule is CCCCCCCCCCn1cc[n+](CCCCCCCCC)c1.O=S(=O)([O-])C(F)(F)C(F)(F)C(F)(F)C(F)(F)F. The largest absolute Gasteiger partial charge is 0.743 e. The van der Waals surface area contributed by atoms with Gasteiger partial charge in [-0.1, -0.05) is 84.5 Å². The van der Waals surface area contributed by atoms with Gasteiger partial charge in [0, 0.05) is 0 Å². The Bertz CT molecular complexity index is 937. The zero-order valence-corrected chi connectivity index (χ0v) is 24.5. The number of nitrogens with zero attached hydrogens (tertiary/aromatic N) is 2. The van der Waals surface area contributed by atoms with Gasteiger partial charge in [-0.2, -0.15) is 39.5 Å². The summed E-state index contributed by atoms with van der Waals surface area (Å²) in [6.07, 6.45) is 20.6. The van der Waals surface area contributed by atoms with Gasteiger partial charge < -0.3 is 4.55 Å². The number of unbranched alkanes of at least 4 members (excludes halogenated alkanes) is 13. The van der Waals surface area contributed by atoms with Crippen LogP contribution in [0.1, 0.15) is 110 Å². The molecule has 1 rings (SSSR count). The van der Waals surface area contributed by atoms with Crippen LogP contribution in [-0.4, -0.2) is 40.8 Å². The zero-order chi connectivity index (χ0) is 31.8. The van der Waals surface area contributed by atoms with Crippen molar-refractivity contribution in [1.29, 1.82) is 0 Å². The summed E-state index contributed by atoms with van der Waals surface area (Å²) >= 11 is 0. The number of imidazole rings is 1. The maximum Gasteiger partial charge on any atom is 0.460 e. The van der Waals surface area contributed by atoms with E-state index in [1.165, 1.54) is 109 Å². The first kappa shape index (κ1) is 39.5. The normalized spacial score (nSPS) is 13.3. The van der Waals surface area contributed by atoms with E-state index in [0.717, 1.165) is 0 Å². The van der Waals surface area contributed by atoms with Crippen LogP contribution in [0.5, 0.6) is 0 Å². The fourth-order valence-corrected chi connectivity index (χ4v) is 4.34. The maximum absolute atomic E-state index is 12.2. The van der Waals surface area contributed by atoms with Gasteiger partial charge in [0.25, 0.3) is 0 Å². The fraction of sp³-hybridized carbons (Fsp3) is 0.885. The molecule has 0 spiro atoms. The molecule has 0 N–H and O–H groups in total. The average Bonchev–Trinajstić information content (AvgIpc) is 3.31. The Morgan fingerprint density at radius 2 is 1.07 bits per heavy atom. The van der Waals surface area contributed by atoms with Gasteiger partial charge in [-0.3, -0.25) is 0 Å². The molecule has 15 heteroatoms. The molecule has 0 atom stereocenters.